The largest absolute Gasteiger partial charge is 0.480 e. The van der Waals surface area contributed by atoms with E-state index < -0.39 is 17.5 Å². The molecule has 0 bridgehead atoms. The Balaban J connectivity index is 4.28. The summed E-state index contributed by atoms with van der Waals surface area (Å²) >= 11 is 0. The molecule has 8 nitrogen and oxygen atoms in total. The van der Waals surface area contributed by atoms with Crippen LogP contribution in [0.2, 0.25) is 0 Å². The molecular weight excluding hydrogens is 264 g/mol. The van der Waals surface area contributed by atoms with Crippen LogP contribution in [0, 0.1) is 0 Å². The molecule has 0 spiro atoms. The molecule has 0 aliphatic rings. The second-order valence-electron chi connectivity index (χ2n) is 5.51. The zero-order valence-electron chi connectivity index (χ0n) is 12.7. The molecule has 116 valence electrons. The van der Waals surface area contributed by atoms with Crippen molar-refractivity contribution >= 4 is 18.0 Å². The van der Waals surface area contributed by atoms with E-state index in [1.54, 1.807) is 34.9 Å². The number of amides is 4. The van der Waals surface area contributed by atoms with Gasteiger partial charge >= 0.3 is 18.0 Å². The molecule has 0 aromatic carbocycles. The first kappa shape index (κ1) is 18.0. The van der Waals surface area contributed by atoms with Crippen LogP contribution in [-0.2, 0) is 4.79 Å². The molecule has 0 radical (unpaired) electrons. The molecule has 0 aliphatic heterocycles. The van der Waals surface area contributed by atoms with Gasteiger partial charge in [-0.25, -0.2) is 9.59 Å². The van der Waals surface area contributed by atoms with Crippen LogP contribution in [0.15, 0.2) is 0 Å². The summed E-state index contributed by atoms with van der Waals surface area (Å²) in [6.45, 7) is 5.38. The third kappa shape index (κ3) is 6.81. The smallest absolute Gasteiger partial charge is 0.323 e. The zero-order valence-corrected chi connectivity index (χ0v) is 12.7. The lowest BCUT2D eigenvalue weighted by Gasteiger charge is -2.34. The van der Waals surface area contributed by atoms with Crippen LogP contribution in [0.3, 0.4) is 0 Å². The van der Waals surface area contributed by atoms with Crippen molar-refractivity contribution in [2.45, 2.75) is 26.3 Å². The van der Waals surface area contributed by atoms with Crippen LogP contribution in [0.5, 0.6) is 0 Å². The van der Waals surface area contributed by atoms with Crippen molar-refractivity contribution in [3.63, 3.8) is 0 Å². The van der Waals surface area contributed by atoms with Crippen molar-refractivity contribution in [3.05, 3.63) is 0 Å². The molecule has 0 saturated heterocycles. The van der Waals surface area contributed by atoms with Gasteiger partial charge in [-0.1, -0.05) is 0 Å². The minimum atomic E-state index is -1.07. The number of carboxylic acid groups (broad SMARTS) is 1. The molecule has 0 fully saturated rings. The van der Waals surface area contributed by atoms with E-state index in [4.69, 9.17) is 5.11 Å². The van der Waals surface area contributed by atoms with Gasteiger partial charge in [0, 0.05) is 32.7 Å². The summed E-state index contributed by atoms with van der Waals surface area (Å²) < 4.78 is 0. The molecular formula is C12H24N4O4. The van der Waals surface area contributed by atoms with Gasteiger partial charge in [-0.05, 0) is 20.8 Å². The molecule has 0 unspecified atom stereocenters. The molecule has 3 N–H and O–H groups in total. The number of urea groups is 2. The van der Waals surface area contributed by atoms with Crippen LogP contribution in [0.4, 0.5) is 9.59 Å². The molecule has 20 heavy (non-hydrogen) atoms. The van der Waals surface area contributed by atoms with Crippen molar-refractivity contribution in [1.82, 2.24) is 20.4 Å². The summed E-state index contributed by atoms with van der Waals surface area (Å²) in [5, 5.41) is 14.0. The van der Waals surface area contributed by atoms with Crippen LogP contribution in [0.25, 0.3) is 0 Å². The van der Waals surface area contributed by atoms with E-state index in [2.05, 4.69) is 10.6 Å². The van der Waals surface area contributed by atoms with Gasteiger partial charge in [-0.15, -0.1) is 0 Å². The SMILES string of the molecule is CN(C)C(=O)NCCNC(=O)N(CC(=O)O)C(C)(C)C. The molecule has 0 rings (SSSR count). The van der Waals surface area contributed by atoms with Gasteiger partial charge in [0.25, 0.3) is 0 Å². The fourth-order valence-electron chi connectivity index (χ4n) is 1.34. The summed E-state index contributed by atoms with van der Waals surface area (Å²) in [5.41, 5.74) is -0.602. The number of hydrogen-bond acceptors (Lipinski definition) is 3. The standard InChI is InChI=1S/C12H24N4O4/c1-12(2,3)16(8-9(17)18)11(20)14-7-6-13-10(19)15(4)5/h6-8H2,1-5H3,(H,13,19)(H,14,20)(H,17,18). The van der Waals surface area contributed by atoms with E-state index in [0.717, 1.165) is 0 Å². The highest BCUT2D eigenvalue weighted by Gasteiger charge is 2.28. The van der Waals surface area contributed by atoms with E-state index in [0.29, 0.717) is 0 Å². The van der Waals surface area contributed by atoms with Crippen LogP contribution < -0.4 is 10.6 Å². The Kier molecular flexibility index (Phi) is 6.81. The second kappa shape index (κ2) is 7.56. The van der Waals surface area contributed by atoms with Gasteiger partial charge < -0.3 is 25.5 Å². The first-order valence-electron chi connectivity index (χ1n) is 6.28. The lowest BCUT2D eigenvalue weighted by atomic mass is 10.1. The number of carbonyl (C=O) groups is 3. The highest BCUT2D eigenvalue weighted by molar-refractivity contribution is 5.80. The molecule has 0 aromatic heterocycles. The van der Waals surface area contributed by atoms with Crippen molar-refractivity contribution in [2.24, 2.45) is 0 Å². The van der Waals surface area contributed by atoms with Crippen LogP contribution in [0.1, 0.15) is 20.8 Å². The quantitative estimate of drug-likeness (QED) is 0.627. The summed E-state index contributed by atoms with van der Waals surface area (Å²) in [6, 6.07) is -0.725. The van der Waals surface area contributed by atoms with Crippen LogP contribution >= 0.6 is 0 Å². The number of rotatable bonds is 5. The molecule has 0 heterocycles. The molecule has 8 heteroatoms. The Labute approximate surface area is 119 Å². The van der Waals surface area contributed by atoms with Crippen molar-refractivity contribution < 1.29 is 19.5 Å². The average molecular weight is 288 g/mol. The number of carboxylic acids is 1. The first-order valence-corrected chi connectivity index (χ1v) is 6.28. The Bertz CT molecular complexity index is 363. The van der Waals surface area contributed by atoms with Crippen LogP contribution in [-0.4, -0.2) is 72.2 Å². The average Bonchev–Trinajstić information content (AvgIpc) is 2.29. The van der Waals surface area contributed by atoms with Gasteiger partial charge in [0.15, 0.2) is 0 Å². The second-order valence-corrected chi connectivity index (χ2v) is 5.51. The minimum absolute atomic E-state index is 0.227. The third-order valence-corrected chi connectivity index (χ3v) is 2.43. The number of nitrogens with one attached hydrogen (secondary N) is 2. The maximum Gasteiger partial charge on any atom is 0.323 e. The highest BCUT2D eigenvalue weighted by Crippen LogP contribution is 2.12. The number of nitrogens with zero attached hydrogens (tertiary/aromatic N) is 2. The van der Waals surface area contributed by atoms with Gasteiger partial charge in [0.05, 0.1) is 0 Å². The summed E-state index contributed by atoms with van der Waals surface area (Å²) in [6.07, 6.45) is 0. The minimum Gasteiger partial charge on any atom is -0.480 e. The number of carbonyl (C=O) groups excluding carboxylic acids is 2. The fraction of sp³-hybridized carbons (Fsp3) is 0.750. The van der Waals surface area contributed by atoms with E-state index >= 15 is 0 Å². The zero-order chi connectivity index (χ0) is 15.9. The van der Waals surface area contributed by atoms with E-state index in [1.165, 1.54) is 9.80 Å². The number of aliphatic carboxylic acids is 1. The Hall–Kier alpha value is -1.99. The topological polar surface area (TPSA) is 102 Å². The Morgan fingerprint density at radius 2 is 1.45 bits per heavy atom. The summed E-state index contributed by atoms with van der Waals surface area (Å²) in [7, 11) is 3.23. The fourth-order valence-corrected chi connectivity index (χ4v) is 1.34. The molecule has 0 aliphatic carbocycles. The predicted octanol–water partition coefficient (Wildman–Crippen LogP) is 0.152. The lowest BCUT2D eigenvalue weighted by Crippen LogP contribution is -2.53. The van der Waals surface area contributed by atoms with Gasteiger partial charge in [0.1, 0.15) is 6.54 Å². The van der Waals surface area contributed by atoms with E-state index in [1.807, 2.05) is 0 Å². The third-order valence-electron chi connectivity index (χ3n) is 2.43. The normalized spacial score (nSPS) is 10.7. The lowest BCUT2D eigenvalue weighted by molar-refractivity contribution is -0.138. The maximum atomic E-state index is 11.9. The van der Waals surface area contributed by atoms with Crippen molar-refractivity contribution in [1.29, 1.82) is 0 Å². The molecule has 0 atom stereocenters. The van der Waals surface area contributed by atoms with Gasteiger partial charge in [-0.3, -0.25) is 4.79 Å². The maximum absolute atomic E-state index is 11.9. The molecule has 0 saturated carbocycles. The monoisotopic (exact) mass is 288 g/mol. The highest BCUT2D eigenvalue weighted by atomic mass is 16.4. The molecule has 4 amide bonds. The summed E-state index contributed by atoms with van der Waals surface area (Å²) in [5.74, 6) is -1.07. The predicted molar refractivity (Wildman–Crippen MR) is 74.6 cm³/mol. The van der Waals surface area contributed by atoms with Crippen molar-refractivity contribution in [2.75, 3.05) is 33.7 Å². The molecule has 0 aromatic rings. The Morgan fingerprint density at radius 1 is 1.00 bits per heavy atom. The van der Waals surface area contributed by atoms with E-state index in [9.17, 15) is 14.4 Å². The Morgan fingerprint density at radius 3 is 1.80 bits per heavy atom. The first-order chi connectivity index (χ1) is 9.05. The van der Waals surface area contributed by atoms with Gasteiger partial charge in [-0.2, -0.15) is 0 Å². The van der Waals surface area contributed by atoms with E-state index in [-0.39, 0.29) is 25.7 Å². The summed E-state index contributed by atoms with van der Waals surface area (Å²) in [4.78, 5) is 36.6. The van der Waals surface area contributed by atoms with Gasteiger partial charge in [0.2, 0.25) is 0 Å². The number of hydrogen-bond donors (Lipinski definition) is 3. The van der Waals surface area contributed by atoms with Crippen molar-refractivity contribution in [3.8, 4) is 0 Å².